The maximum absolute atomic E-state index is 5.40. The van der Waals surface area contributed by atoms with E-state index in [4.69, 9.17) is 9.97 Å². The largest absolute Gasteiger partial charge is 0.309 e. The fourth-order valence-corrected chi connectivity index (χ4v) is 9.81. The highest BCUT2D eigenvalue weighted by Crippen LogP contribution is 2.50. The molecule has 0 saturated carbocycles. The lowest BCUT2D eigenvalue weighted by atomic mass is 9.99. The van der Waals surface area contributed by atoms with Crippen LogP contribution in [0.5, 0.6) is 0 Å². The second kappa shape index (κ2) is 12.7. The molecule has 0 atom stereocenters. The Hall–Kier alpha value is -8.08. The minimum Gasteiger partial charge on any atom is -0.309 e. The van der Waals surface area contributed by atoms with E-state index in [2.05, 4.69) is 209 Å². The van der Waals surface area contributed by atoms with E-state index < -0.39 is 0 Å². The van der Waals surface area contributed by atoms with Gasteiger partial charge in [0.25, 0.3) is 0 Å². The van der Waals surface area contributed by atoms with Crippen molar-refractivity contribution in [3.63, 3.8) is 0 Å². The van der Waals surface area contributed by atoms with Crippen molar-refractivity contribution in [2.24, 2.45) is 0 Å². The molecule has 0 unspecified atom stereocenters. The molecule has 0 spiro atoms. The van der Waals surface area contributed by atoms with E-state index in [1.54, 1.807) is 0 Å². The molecule has 4 heteroatoms. The monoisotopic (exact) mass is 762 g/mol. The van der Waals surface area contributed by atoms with Crippen molar-refractivity contribution in [2.75, 3.05) is 0 Å². The molecule has 60 heavy (non-hydrogen) atoms. The van der Waals surface area contributed by atoms with E-state index in [1.807, 2.05) is 6.07 Å². The van der Waals surface area contributed by atoms with Crippen molar-refractivity contribution in [2.45, 2.75) is 0 Å². The third-order valence-electron chi connectivity index (χ3n) is 12.4. The minimum absolute atomic E-state index is 0.727. The highest BCUT2D eigenvalue weighted by molar-refractivity contribution is 6.17. The van der Waals surface area contributed by atoms with Gasteiger partial charge in [0, 0.05) is 55.2 Å². The van der Waals surface area contributed by atoms with Gasteiger partial charge in [-0.1, -0.05) is 152 Å². The first-order valence-corrected chi connectivity index (χ1v) is 20.5. The van der Waals surface area contributed by atoms with Crippen LogP contribution >= 0.6 is 0 Å². The summed E-state index contributed by atoms with van der Waals surface area (Å²) in [6.45, 7) is 0. The Morgan fingerprint density at radius 2 is 0.883 bits per heavy atom. The van der Waals surface area contributed by atoms with E-state index in [-0.39, 0.29) is 0 Å². The third kappa shape index (κ3) is 4.79. The SMILES string of the molecule is c1ccc(-c2nc(-c3cccc(-n4c5ccccc5c5ccc(-c6ccc7c(c6)c6ccccc6n7-c6ccccc6)cc54)c3)c3c(n2)-c2cccc4cccc-3c24)cc1. The Bertz CT molecular complexity index is 3700. The van der Waals surface area contributed by atoms with Crippen molar-refractivity contribution in [1.29, 1.82) is 0 Å². The van der Waals surface area contributed by atoms with Crippen LogP contribution in [0.4, 0.5) is 0 Å². The summed E-state index contributed by atoms with van der Waals surface area (Å²) in [5.41, 5.74) is 16.7. The number of hydrogen-bond donors (Lipinski definition) is 0. The molecule has 13 rings (SSSR count). The number of hydrogen-bond acceptors (Lipinski definition) is 2. The average Bonchev–Trinajstić information content (AvgIpc) is 3.95. The number of nitrogens with zero attached hydrogens (tertiary/aromatic N) is 4. The number of benzene rings is 9. The summed E-state index contributed by atoms with van der Waals surface area (Å²) < 4.78 is 4.80. The first kappa shape index (κ1) is 32.9. The van der Waals surface area contributed by atoms with Crippen LogP contribution in [0, 0.1) is 0 Å². The van der Waals surface area contributed by atoms with Gasteiger partial charge in [-0.2, -0.15) is 0 Å². The highest BCUT2D eigenvalue weighted by atomic mass is 15.0. The molecule has 12 aromatic rings. The maximum Gasteiger partial charge on any atom is 0.160 e. The first-order valence-electron chi connectivity index (χ1n) is 20.5. The highest BCUT2D eigenvalue weighted by Gasteiger charge is 2.28. The molecular formula is C56H34N4. The van der Waals surface area contributed by atoms with Gasteiger partial charge in [-0.25, -0.2) is 9.97 Å². The van der Waals surface area contributed by atoms with Gasteiger partial charge >= 0.3 is 0 Å². The van der Waals surface area contributed by atoms with E-state index in [1.165, 1.54) is 65.6 Å². The number of para-hydroxylation sites is 3. The average molecular weight is 763 g/mol. The van der Waals surface area contributed by atoms with Gasteiger partial charge in [0.2, 0.25) is 0 Å². The molecule has 1 aliphatic rings. The number of aromatic nitrogens is 4. The minimum atomic E-state index is 0.727. The number of rotatable bonds is 5. The number of fused-ring (bicyclic) bond motifs is 9. The van der Waals surface area contributed by atoms with Crippen LogP contribution in [-0.2, 0) is 0 Å². The molecule has 0 amide bonds. The van der Waals surface area contributed by atoms with Gasteiger partial charge in [0.05, 0.1) is 33.5 Å². The fourth-order valence-electron chi connectivity index (χ4n) is 9.81. The summed E-state index contributed by atoms with van der Waals surface area (Å²) in [5.74, 6) is 0.727. The van der Waals surface area contributed by atoms with Gasteiger partial charge in [0.15, 0.2) is 5.82 Å². The molecule has 1 aliphatic carbocycles. The fraction of sp³-hybridized carbons (Fsp3) is 0. The van der Waals surface area contributed by atoms with Crippen LogP contribution in [0.3, 0.4) is 0 Å². The summed E-state index contributed by atoms with van der Waals surface area (Å²) >= 11 is 0. The molecule has 3 aromatic heterocycles. The summed E-state index contributed by atoms with van der Waals surface area (Å²) in [7, 11) is 0. The van der Waals surface area contributed by atoms with Gasteiger partial charge in [-0.05, 0) is 82.1 Å². The Labute approximate surface area is 345 Å². The molecule has 3 heterocycles. The second-order valence-corrected chi connectivity index (χ2v) is 15.7. The molecular weight excluding hydrogens is 729 g/mol. The molecule has 0 aliphatic heterocycles. The Morgan fingerprint density at radius 3 is 1.68 bits per heavy atom. The molecule has 0 bridgehead atoms. The van der Waals surface area contributed by atoms with Crippen LogP contribution in [0.15, 0.2) is 206 Å². The predicted octanol–water partition coefficient (Wildman–Crippen LogP) is 14.5. The van der Waals surface area contributed by atoms with Gasteiger partial charge in [-0.3, -0.25) is 0 Å². The summed E-state index contributed by atoms with van der Waals surface area (Å²) in [6, 6.07) is 74.3. The Kier molecular flexibility index (Phi) is 6.98. The van der Waals surface area contributed by atoms with Crippen molar-refractivity contribution >= 4 is 54.4 Å². The lowest BCUT2D eigenvalue weighted by Gasteiger charge is -2.14. The standard InChI is InChI=1S/C56H34N4/c1-3-14-36(15-4-1)56-57-54(53-45-24-12-16-35-17-13-25-46(52(35)45)55(53)58-56)39-18-11-21-41(32-39)60-48-26-9-7-22-42(48)44-30-28-38(34-51(44)60)37-29-31-50-47(33-37)43-23-8-10-27-49(43)59(50)40-19-5-2-6-20-40/h1-34H. The molecule has 278 valence electrons. The quantitative estimate of drug-likeness (QED) is 0.175. The predicted molar refractivity (Wildman–Crippen MR) is 249 cm³/mol. The first-order chi connectivity index (χ1) is 29.8. The lowest BCUT2D eigenvalue weighted by molar-refractivity contribution is 1.17. The molecule has 0 fully saturated rings. The van der Waals surface area contributed by atoms with Crippen LogP contribution < -0.4 is 0 Å². The Morgan fingerprint density at radius 1 is 0.317 bits per heavy atom. The van der Waals surface area contributed by atoms with Gasteiger partial charge < -0.3 is 9.13 Å². The molecule has 0 radical (unpaired) electrons. The molecule has 9 aromatic carbocycles. The van der Waals surface area contributed by atoms with E-state index >= 15 is 0 Å². The van der Waals surface area contributed by atoms with E-state index in [9.17, 15) is 0 Å². The van der Waals surface area contributed by atoms with Crippen molar-refractivity contribution in [3.05, 3.63) is 206 Å². The zero-order valence-electron chi connectivity index (χ0n) is 32.4. The van der Waals surface area contributed by atoms with Crippen LogP contribution in [0.2, 0.25) is 0 Å². The lowest BCUT2D eigenvalue weighted by Crippen LogP contribution is -1.99. The van der Waals surface area contributed by atoms with Crippen molar-refractivity contribution < 1.29 is 0 Å². The zero-order valence-corrected chi connectivity index (χ0v) is 32.4. The normalized spacial score (nSPS) is 12.0. The van der Waals surface area contributed by atoms with Crippen LogP contribution in [0.1, 0.15) is 0 Å². The van der Waals surface area contributed by atoms with E-state index in [0.29, 0.717) is 0 Å². The van der Waals surface area contributed by atoms with E-state index in [0.717, 1.165) is 56.4 Å². The topological polar surface area (TPSA) is 35.6 Å². The maximum atomic E-state index is 5.40. The second-order valence-electron chi connectivity index (χ2n) is 15.7. The van der Waals surface area contributed by atoms with Gasteiger partial charge in [0.1, 0.15) is 0 Å². The Balaban J connectivity index is 1.01. The van der Waals surface area contributed by atoms with Crippen molar-refractivity contribution in [1.82, 2.24) is 19.1 Å². The van der Waals surface area contributed by atoms with Gasteiger partial charge in [-0.15, -0.1) is 0 Å². The molecule has 0 saturated heterocycles. The van der Waals surface area contributed by atoms with Crippen molar-refractivity contribution in [3.8, 4) is 67.5 Å². The summed E-state index contributed by atoms with van der Waals surface area (Å²) in [6.07, 6.45) is 0. The molecule has 0 N–H and O–H groups in total. The molecule has 4 nitrogen and oxygen atoms in total. The summed E-state index contributed by atoms with van der Waals surface area (Å²) in [4.78, 5) is 10.7. The van der Waals surface area contributed by atoms with Crippen LogP contribution in [0.25, 0.3) is 122 Å². The van der Waals surface area contributed by atoms with Crippen LogP contribution in [-0.4, -0.2) is 19.1 Å². The zero-order chi connectivity index (χ0) is 39.3. The smallest absolute Gasteiger partial charge is 0.160 e. The summed E-state index contributed by atoms with van der Waals surface area (Å²) in [5, 5.41) is 7.39. The third-order valence-corrected chi connectivity index (χ3v) is 12.4.